The molecule has 1 heterocycles. The molecule has 0 bridgehead atoms. The highest BCUT2D eigenvalue weighted by atomic mass is 35.5. The molecule has 0 aromatic heterocycles. The molecule has 1 aromatic carbocycles. The van der Waals surface area contributed by atoms with E-state index in [0.29, 0.717) is 6.42 Å². The van der Waals surface area contributed by atoms with Crippen molar-refractivity contribution < 1.29 is 4.79 Å². The maximum atomic E-state index is 12.4. The Morgan fingerprint density at radius 2 is 1.71 bits per heavy atom. The summed E-state index contributed by atoms with van der Waals surface area (Å²) >= 11 is 0. The maximum Gasteiger partial charge on any atom is 0.224 e. The van der Waals surface area contributed by atoms with Crippen molar-refractivity contribution in [2.45, 2.75) is 38.1 Å². The van der Waals surface area contributed by atoms with Crippen LogP contribution in [0.4, 0.5) is 0 Å². The van der Waals surface area contributed by atoms with Crippen LogP contribution < -0.4 is 5.73 Å². The van der Waals surface area contributed by atoms with Gasteiger partial charge in [-0.25, -0.2) is 0 Å². The van der Waals surface area contributed by atoms with Gasteiger partial charge in [0.1, 0.15) is 0 Å². The van der Waals surface area contributed by atoms with Crippen molar-refractivity contribution in [1.82, 2.24) is 4.90 Å². The lowest BCUT2D eigenvalue weighted by Gasteiger charge is -2.22. The molecule has 1 aromatic rings. The monoisotopic (exact) mass is 308 g/mol. The van der Waals surface area contributed by atoms with Gasteiger partial charge in [-0.05, 0) is 30.2 Å². The van der Waals surface area contributed by atoms with Crippen LogP contribution in [0.25, 0.3) is 0 Å². The number of hydrogen-bond acceptors (Lipinski definition) is 2. The molecule has 2 fully saturated rings. The van der Waals surface area contributed by atoms with Gasteiger partial charge in [-0.3, -0.25) is 4.79 Å². The molecule has 2 aliphatic rings. The van der Waals surface area contributed by atoms with Crippen molar-refractivity contribution in [1.29, 1.82) is 0 Å². The summed E-state index contributed by atoms with van der Waals surface area (Å²) in [6.45, 7) is 1.93. The van der Waals surface area contributed by atoms with E-state index in [-0.39, 0.29) is 24.4 Å². The smallest absolute Gasteiger partial charge is 0.224 e. The van der Waals surface area contributed by atoms with Crippen LogP contribution >= 0.6 is 12.4 Å². The average molecular weight is 309 g/mol. The number of hydrogen-bond donors (Lipinski definition) is 1. The first-order chi connectivity index (χ1) is 9.74. The van der Waals surface area contributed by atoms with Crippen LogP contribution in [0.3, 0.4) is 0 Å². The van der Waals surface area contributed by atoms with E-state index in [1.54, 1.807) is 0 Å². The number of nitrogens with zero attached hydrogens (tertiary/aromatic N) is 1. The number of likely N-dealkylation sites (tertiary alicyclic amines) is 1. The summed E-state index contributed by atoms with van der Waals surface area (Å²) in [5.41, 5.74) is 7.22. The molecular weight excluding hydrogens is 284 g/mol. The first-order valence-corrected chi connectivity index (χ1v) is 7.82. The Labute approximate surface area is 133 Å². The molecule has 0 spiro atoms. The number of carbonyl (C=O) groups is 1. The molecule has 1 saturated heterocycles. The second kappa shape index (κ2) is 7.28. The maximum absolute atomic E-state index is 12.4. The van der Waals surface area contributed by atoms with Crippen molar-refractivity contribution in [3.05, 3.63) is 35.9 Å². The molecule has 1 aliphatic carbocycles. The summed E-state index contributed by atoms with van der Waals surface area (Å²) in [7, 11) is 0. The van der Waals surface area contributed by atoms with E-state index >= 15 is 0 Å². The van der Waals surface area contributed by atoms with Gasteiger partial charge in [0, 0.05) is 25.6 Å². The predicted molar refractivity (Wildman–Crippen MR) is 87.3 cm³/mol. The van der Waals surface area contributed by atoms with Crippen LogP contribution in [0.5, 0.6) is 0 Å². The summed E-state index contributed by atoms with van der Waals surface area (Å²) < 4.78 is 0. The van der Waals surface area contributed by atoms with E-state index in [4.69, 9.17) is 5.73 Å². The third-order valence-electron chi connectivity index (χ3n) is 4.95. The zero-order chi connectivity index (χ0) is 13.9. The number of halogens is 1. The Kier molecular flexibility index (Phi) is 5.65. The summed E-state index contributed by atoms with van der Waals surface area (Å²) in [4.78, 5) is 14.5. The topological polar surface area (TPSA) is 46.3 Å². The van der Waals surface area contributed by atoms with Gasteiger partial charge in [-0.1, -0.05) is 43.2 Å². The molecule has 116 valence electrons. The minimum absolute atomic E-state index is 0. The first-order valence-electron chi connectivity index (χ1n) is 7.82. The van der Waals surface area contributed by atoms with E-state index in [1.165, 1.54) is 25.7 Å². The van der Waals surface area contributed by atoms with Crippen LogP contribution in [0.15, 0.2) is 30.3 Å². The molecule has 1 amide bonds. The summed E-state index contributed by atoms with van der Waals surface area (Å²) in [6, 6.07) is 9.76. The molecule has 1 saturated carbocycles. The fourth-order valence-corrected chi connectivity index (χ4v) is 3.74. The number of fused-ring (bicyclic) bond motifs is 1. The number of amides is 1. The van der Waals surface area contributed by atoms with E-state index in [0.717, 1.165) is 30.5 Å². The lowest BCUT2D eigenvalue weighted by Crippen LogP contribution is -2.31. The van der Waals surface area contributed by atoms with E-state index in [2.05, 4.69) is 4.90 Å². The van der Waals surface area contributed by atoms with Gasteiger partial charge in [-0.2, -0.15) is 0 Å². The molecule has 3 unspecified atom stereocenters. The van der Waals surface area contributed by atoms with Gasteiger partial charge < -0.3 is 10.6 Å². The van der Waals surface area contributed by atoms with Crippen molar-refractivity contribution >= 4 is 18.3 Å². The molecular formula is C17H25ClN2O. The van der Waals surface area contributed by atoms with Gasteiger partial charge in [0.2, 0.25) is 5.91 Å². The zero-order valence-electron chi connectivity index (χ0n) is 12.4. The van der Waals surface area contributed by atoms with Gasteiger partial charge in [0.25, 0.3) is 0 Å². The Morgan fingerprint density at radius 3 is 2.29 bits per heavy atom. The zero-order valence-corrected chi connectivity index (χ0v) is 13.2. The summed E-state index contributed by atoms with van der Waals surface area (Å²) in [5, 5.41) is 0. The van der Waals surface area contributed by atoms with Crippen LogP contribution in [0.2, 0.25) is 0 Å². The van der Waals surface area contributed by atoms with Gasteiger partial charge >= 0.3 is 0 Å². The van der Waals surface area contributed by atoms with Crippen molar-refractivity contribution in [3.63, 3.8) is 0 Å². The molecule has 0 radical (unpaired) electrons. The molecule has 2 N–H and O–H groups in total. The van der Waals surface area contributed by atoms with E-state index in [9.17, 15) is 4.79 Å². The van der Waals surface area contributed by atoms with E-state index < -0.39 is 0 Å². The highest BCUT2D eigenvalue weighted by Crippen LogP contribution is 2.36. The van der Waals surface area contributed by atoms with Crippen molar-refractivity contribution in [3.8, 4) is 0 Å². The highest BCUT2D eigenvalue weighted by molar-refractivity contribution is 5.85. The number of rotatable bonds is 3. The van der Waals surface area contributed by atoms with Crippen molar-refractivity contribution in [2.24, 2.45) is 17.6 Å². The Balaban J connectivity index is 0.00000161. The molecule has 4 heteroatoms. The molecule has 3 nitrogen and oxygen atoms in total. The Hall–Kier alpha value is -1.06. The van der Waals surface area contributed by atoms with Crippen LogP contribution in [0.1, 0.15) is 43.7 Å². The number of nitrogens with two attached hydrogens (primary N) is 1. The van der Waals surface area contributed by atoms with Crippen LogP contribution in [-0.2, 0) is 4.79 Å². The SMILES string of the molecule is Cl.NC(CC(=O)N1CC2CCCCC2C1)c1ccccc1. The van der Waals surface area contributed by atoms with Crippen LogP contribution in [0, 0.1) is 11.8 Å². The summed E-state index contributed by atoms with van der Waals surface area (Å²) in [5.74, 6) is 1.73. The minimum Gasteiger partial charge on any atom is -0.342 e. The fourth-order valence-electron chi connectivity index (χ4n) is 3.74. The van der Waals surface area contributed by atoms with Gasteiger partial charge in [0.15, 0.2) is 0 Å². The minimum atomic E-state index is -0.175. The Morgan fingerprint density at radius 1 is 1.14 bits per heavy atom. The molecule has 3 rings (SSSR count). The second-order valence-electron chi connectivity index (χ2n) is 6.32. The average Bonchev–Trinajstić information content (AvgIpc) is 2.92. The molecule has 1 aliphatic heterocycles. The lowest BCUT2D eigenvalue weighted by atomic mass is 9.82. The van der Waals surface area contributed by atoms with E-state index in [1.807, 2.05) is 30.3 Å². The summed E-state index contributed by atoms with van der Waals surface area (Å²) in [6.07, 6.45) is 5.72. The number of carbonyl (C=O) groups excluding carboxylic acids is 1. The second-order valence-corrected chi connectivity index (χ2v) is 6.32. The standard InChI is InChI=1S/C17H24N2O.ClH/c18-16(13-6-2-1-3-7-13)10-17(20)19-11-14-8-4-5-9-15(14)12-19;/h1-3,6-7,14-16H,4-5,8-12,18H2;1H. The quantitative estimate of drug-likeness (QED) is 0.932. The van der Waals surface area contributed by atoms with Crippen LogP contribution in [-0.4, -0.2) is 23.9 Å². The normalized spacial score (nSPS) is 25.9. The van der Waals surface area contributed by atoms with Gasteiger partial charge in [-0.15, -0.1) is 12.4 Å². The van der Waals surface area contributed by atoms with Gasteiger partial charge in [0.05, 0.1) is 0 Å². The third-order valence-corrected chi connectivity index (χ3v) is 4.95. The fraction of sp³-hybridized carbons (Fsp3) is 0.588. The predicted octanol–water partition coefficient (Wildman–Crippen LogP) is 3.15. The third kappa shape index (κ3) is 3.78. The molecule has 21 heavy (non-hydrogen) atoms. The lowest BCUT2D eigenvalue weighted by molar-refractivity contribution is -0.130. The molecule has 3 atom stereocenters. The Bertz CT molecular complexity index is 451. The van der Waals surface area contributed by atoms with Crippen molar-refractivity contribution in [2.75, 3.05) is 13.1 Å². The highest BCUT2D eigenvalue weighted by Gasteiger charge is 2.36. The first kappa shape index (κ1) is 16.3. The number of benzene rings is 1. The largest absolute Gasteiger partial charge is 0.342 e.